The maximum atomic E-state index is 5.57. The van der Waals surface area contributed by atoms with Crippen LogP contribution in [0.15, 0.2) is 26.2 Å². The number of halogens is 2. The molecule has 1 aromatic carbocycles. The van der Waals surface area contributed by atoms with Gasteiger partial charge in [0.2, 0.25) is 0 Å². The molecule has 2 rings (SSSR count). The Labute approximate surface area is 137 Å². The molecule has 0 radical (unpaired) electrons. The first-order valence-electron chi connectivity index (χ1n) is 6.69. The average Bonchev–Trinajstić information content (AvgIpc) is 2.42. The van der Waals surface area contributed by atoms with E-state index in [0.717, 1.165) is 46.4 Å². The quantitative estimate of drug-likeness (QED) is 0.721. The van der Waals surface area contributed by atoms with Crippen LogP contribution in [0.3, 0.4) is 0 Å². The molecule has 1 aliphatic heterocycles. The summed E-state index contributed by atoms with van der Waals surface area (Å²) in [6, 6.07) is 4.05. The zero-order chi connectivity index (χ0) is 14.5. The maximum Gasteiger partial charge on any atom is 0.147 e. The van der Waals surface area contributed by atoms with E-state index in [1.165, 1.54) is 0 Å². The van der Waals surface area contributed by atoms with Crippen LogP contribution in [0.5, 0.6) is 5.75 Å². The summed E-state index contributed by atoms with van der Waals surface area (Å²) in [4.78, 5) is 2.32. The van der Waals surface area contributed by atoms with Crippen molar-refractivity contribution in [2.45, 2.75) is 6.92 Å². The van der Waals surface area contributed by atoms with Gasteiger partial charge in [0, 0.05) is 26.2 Å². The Morgan fingerprint density at radius 3 is 2.35 bits per heavy atom. The number of piperazine rings is 1. The van der Waals surface area contributed by atoms with Gasteiger partial charge in [0.1, 0.15) is 5.75 Å². The predicted octanol–water partition coefficient (Wildman–Crippen LogP) is 3.19. The number of hydrogen-bond donors (Lipinski definition) is 0. The minimum atomic E-state index is 0.645. The molecule has 0 amide bonds. The van der Waals surface area contributed by atoms with Crippen LogP contribution in [0.25, 0.3) is 0 Å². The Morgan fingerprint density at radius 2 is 1.80 bits per heavy atom. The van der Waals surface area contributed by atoms with Crippen LogP contribution in [0, 0.1) is 0 Å². The molecule has 1 fully saturated rings. The molecule has 6 heteroatoms. The second-order valence-corrected chi connectivity index (χ2v) is 6.46. The van der Waals surface area contributed by atoms with E-state index in [9.17, 15) is 0 Å². The van der Waals surface area contributed by atoms with E-state index in [1.807, 2.05) is 25.3 Å². The van der Waals surface area contributed by atoms with Gasteiger partial charge in [0.15, 0.2) is 0 Å². The Morgan fingerprint density at radius 1 is 1.20 bits per heavy atom. The Kier molecular flexibility index (Phi) is 5.86. The lowest BCUT2D eigenvalue weighted by Gasteiger charge is -2.30. The summed E-state index contributed by atoms with van der Waals surface area (Å²) in [5.41, 5.74) is 1.05. The third-order valence-electron chi connectivity index (χ3n) is 3.16. The van der Waals surface area contributed by atoms with Crippen molar-refractivity contribution in [1.82, 2.24) is 9.91 Å². The molecule has 0 bridgehead atoms. The van der Waals surface area contributed by atoms with Crippen LogP contribution in [0.1, 0.15) is 12.5 Å². The fourth-order valence-corrected chi connectivity index (χ4v) is 3.45. The van der Waals surface area contributed by atoms with Crippen LogP contribution in [-0.2, 0) is 0 Å². The minimum absolute atomic E-state index is 0.645. The van der Waals surface area contributed by atoms with Crippen LogP contribution in [0.2, 0.25) is 0 Å². The standard InChI is InChI=1S/C14H19Br2N3O/c1-3-20-14-12(15)8-11(9-13(14)16)10-17-19-6-4-18(2)5-7-19/h8-10H,3-7H2,1-2H3/b17-10-. The van der Waals surface area contributed by atoms with Gasteiger partial charge in [0.25, 0.3) is 0 Å². The average molecular weight is 405 g/mol. The zero-order valence-electron chi connectivity index (χ0n) is 11.8. The first-order chi connectivity index (χ1) is 9.60. The third kappa shape index (κ3) is 4.20. The van der Waals surface area contributed by atoms with Crippen molar-refractivity contribution in [2.75, 3.05) is 39.8 Å². The van der Waals surface area contributed by atoms with Crippen molar-refractivity contribution in [3.05, 3.63) is 26.6 Å². The number of hydrazone groups is 1. The molecule has 20 heavy (non-hydrogen) atoms. The van der Waals surface area contributed by atoms with Gasteiger partial charge in [-0.15, -0.1) is 0 Å². The first-order valence-corrected chi connectivity index (χ1v) is 8.28. The summed E-state index contributed by atoms with van der Waals surface area (Å²) in [5, 5.41) is 6.65. The van der Waals surface area contributed by atoms with Gasteiger partial charge in [-0.2, -0.15) is 5.10 Å². The maximum absolute atomic E-state index is 5.57. The summed E-state index contributed by atoms with van der Waals surface area (Å²) in [7, 11) is 2.14. The lowest BCUT2D eigenvalue weighted by atomic mass is 10.2. The van der Waals surface area contributed by atoms with Crippen LogP contribution in [-0.4, -0.2) is 56.0 Å². The van der Waals surface area contributed by atoms with Crippen molar-refractivity contribution in [3.63, 3.8) is 0 Å². The molecule has 1 heterocycles. The molecule has 1 aliphatic rings. The van der Waals surface area contributed by atoms with Gasteiger partial charge >= 0.3 is 0 Å². The molecule has 110 valence electrons. The molecule has 0 spiro atoms. The number of ether oxygens (including phenoxy) is 1. The van der Waals surface area contributed by atoms with E-state index >= 15 is 0 Å². The Balaban J connectivity index is 2.06. The molecular weight excluding hydrogens is 386 g/mol. The fraction of sp³-hybridized carbons (Fsp3) is 0.500. The van der Waals surface area contributed by atoms with Crippen molar-refractivity contribution in [2.24, 2.45) is 5.10 Å². The number of hydrogen-bond acceptors (Lipinski definition) is 4. The third-order valence-corrected chi connectivity index (χ3v) is 4.34. The van der Waals surface area contributed by atoms with Crippen LogP contribution in [0.4, 0.5) is 0 Å². The normalized spacial score (nSPS) is 16.9. The summed E-state index contributed by atoms with van der Waals surface area (Å²) in [6.45, 7) is 6.70. The monoisotopic (exact) mass is 403 g/mol. The highest BCUT2D eigenvalue weighted by Crippen LogP contribution is 2.34. The molecule has 4 nitrogen and oxygen atoms in total. The van der Waals surface area contributed by atoms with E-state index in [1.54, 1.807) is 0 Å². The minimum Gasteiger partial charge on any atom is -0.492 e. The topological polar surface area (TPSA) is 28.1 Å². The molecule has 0 aromatic heterocycles. The predicted molar refractivity (Wildman–Crippen MR) is 89.7 cm³/mol. The molecule has 0 unspecified atom stereocenters. The van der Waals surface area contributed by atoms with Gasteiger partial charge < -0.3 is 9.64 Å². The molecule has 1 saturated heterocycles. The highest BCUT2D eigenvalue weighted by molar-refractivity contribution is 9.11. The van der Waals surface area contributed by atoms with Crippen molar-refractivity contribution in [1.29, 1.82) is 0 Å². The molecule has 0 aliphatic carbocycles. The number of benzene rings is 1. The van der Waals surface area contributed by atoms with E-state index in [4.69, 9.17) is 4.74 Å². The number of nitrogens with zero attached hydrogens (tertiary/aromatic N) is 3. The number of likely N-dealkylation sites (N-methyl/N-ethyl adjacent to an activating group) is 1. The van der Waals surface area contributed by atoms with E-state index in [-0.39, 0.29) is 0 Å². The highest BCUT2D eigenvalue weighted by Gasteiger charge is 2.11. The first kappa shape index (κ1) is 15.8. The van der Waals surface area contributed by atoms with Gasteiger partial charge in [-0.3, -0.25) is 5.01 Å². The van der Waals surface area contributed by atoms with Gasteiger partial charge in [-0.25, -0.2) is 0 Å². The van der Waals surface area contributed by atoms with Crippen molar-refractivity contribution >= 4 is 38.1 Å². The summed E-state index contributed by atoms with van der Waals surface area (Å²) in [6.07, 6.45) is 1.90. The smallest absolute Gasteiger partial charge is 0.147 e. The van der Waals surface area contributed by atoms with E-state index in [2.05, 4.69) is 53.9 Å². The van der Waals surface area contributed by atoms with Crippen molar-refractivity contribution in [3.8, 4) is 5.75 Å². The SMILES string of the molecule is CCOc1c(Br)cc(/C=N\N2CCN(C)CC2)cc1Br. The molecule has 0 atom stereocenters. The zero-order valence-corrected chi connectivity index (χ0v) is 14.9. The molecular formula is C14H19Br2N3O. The second kappa shape index (κ2) is 7.43. The Bertz CT molecular complexity index is 462. The number of rotatable bonds is 4. The molecule has 1 aromatic rings. The fourth-order valence-electron chi connectivity index (χ4n) is 2.00. The van der Waals surface area contributed by atoms with Crippen molar-refractivity contribution < 1.29 is 4.74 Å². The summed E-state index contributed by atoms with van der Waals surface area (Å²) >= 11 is 7.07. The Hall–Kier alpha value is -0.590. The lowest BCUT2D eigenvalue weighted by molar-refractivity contribution is 0.159. The summed E-state index contributed by atoms with van der Waals surface area (Å²) in [5.74, 6) is 0.837. The van der Waals surface area contributed by atoms with E-state index < -0.39 is 0 Å². The van der Waals surface area contributed by atoms with Gasteiger partial charge in [-0.05, 0) is 63.5 Å². The van der Waals surface area contributed by atoms with E-state index in [0.29, 0.717) is 6.61 Å². The highest BCUT2D eigenvalue weighted by atomic mass is 79.9. The second-order valence-electron chi connectivity index (χ2n) is 4.75. The lowest BCUT2D eigenvalue weighted by Crippen LogP contribution is -2.41. The van der Waals surface area contributed by atoms with Crippen LogP contribution < -0.4 is 4.74 Å². The van der Waals surface area contributed by atoms with Gasteiger partial charge in [0.05, 0.1) is 21.8 Å². The van der Waals surface area contributed by atoms with Crippen LogP contribution >= 0.6 is 31.9 Å². The summed E-state index contributed by atoms with van der Waals surface area (Å²) < 4.78 is 7.45. The van der Waals surface area contributed by atoms with Gasteiger partial charge in [-0.1, -0.05) is 0 Å². The largest absolute Gasteiger partial charge is 0.492 e. The molecule has 0 N–H and O–H groups in total. The molecule has 0 saturated carbocycles.